The molecule has 1 saturated carbocycles. The van der Waals surface area contributed by atoms with Gasteiger partial charge in [0, 0.05) is 25.0 Å². The number of pyridine rings is 1. The molecule has 1 aliphatic carbocycles. The molecule has 5 nitrogen and oxygen atoms in total. The minimum atomic E-state index is -3.37. The van der Waals surface area contributed by atoms with Crippen molar-refractivity contribution in [1.82, 2.24) is 9.29 Å². The fourth-order valence-corrected chi connectivity index (χ4v) is 3.46. The Labute approximate surface area is 102 Å². The molecule has 0 amide bonds. The van der Waals surface area contributed by atoms with Crippen LogP contribution in [0.25, 0.3) is 0 Å². The van der Waals surface area contributed by atoms with Crippen LogP contribution < -0.4 is 5.73 Å². The zero-order valence-corrected chi connectivity index (χ0v) is 10.4. The smallest absolute Gasteiger partial charge is 0.243 e. The number of sulfonamides is 1. The normalized spacial score (nSPS) is 16.4. The van der Waals surface area contributed by atoms with Crippen molar-refractivity contribution in [2.75, 3.05) is 13.1 Å². The van der Waals surface area contributed by atoms with E-state index in [0.717, 1.165) is 12.8 Å². The lowest BCUT2D eigenvalue weighted by Gasteiger charge is -2.21. The number of hydrogen-bond acceptors (Lipinski definition) is 4. The van der Waals surface area contributed by atoms with E-state index in [1.165, 1.54) is 24.5 Å². The van der Waals surface area contributed by atoms with Crippen LogP contribution in [0.3, 0.4) is 0 Å². The van der Waals surface area contributed by atoms with Crippen LogP contribution in [-0.2, 0) is 10.0 Å². The molecule has 1 aromatic rings. The van der Waals surface area contributed by atoms with Crippen molar-refractivity contribution in [2.24, 2.45) is 5.73 Å². The van der Waals surface area contributed by atoms with Gasteiger partial charge in [0.15, 0.2) is 0 Å². The highest BCUT2D eigenvalue weighted by molar-refractivity contribution is 7.89. The summed E-state index contributed by atoms with van der Waals surface area (Å²) in [4.78, 5) is 4.15. The van der Waals surface area contributed by atoms with Gasteiger partial charge < -0.3 is 5.73 Å². The number of nitrogens with zero attached hydrogens (tertiary/aromatic N) is 2. The summed E-state index contributed by atoms with van der Waals surface area (Å²) in [6.07, 6.45) is 5.60. The van der Waals surface area contributed by atoms with Crippen molar-refractivity contribution in [1.29, 1.82) is 0 Å². The fraction of sp³-hybridized carbons (Fsp3) is 0.545. The van der Waals surface area contributed by atoms with Crippen molar-refractivity contribution in [3.05, 3.63) is 24.5 Å². The van der Waals surface area contributed by atoms with E-state index in [2.05, 4.69) is 4.98 Å². The average Bonchev–Trinajstić information content (AvgIpc) is 3.15. The Bertz CT molecular complexity index is 457. The molecule has 1 fully saturated rings. The van der Waals surface area contributed by atoms with Crippen LogP contribution in [0.1, 0.15) is 19.3 Å². The second-order valence-electron chi connectivity index (χ2n) is 4.17. The molecule has 94 valence electrons. The minimum Gasteiger partial charge on any atom is -0.330 e. The molecular formula is C11H17N3O2S. The maximum atomic E-state index is 12.4. The molecule has 1 aromatic heterocycles. The number of aromatic nitrogens is 1. The predicted octanol–water partition coefficient (Wildman–Crippen LogP) is 0.583. The Kier molecular flexibility index (Phi) is 3.76. The summed E-state index contributed by atoms with van der Waals surface area (Å²) in [7, 11) is -3.37. The van der Waals surface area contributed by atoms with E-state index < -0.39 is 10.0 Å². The van der Waals surface area contributed by atoms with E-state index in [-0.39, 0.29) is 6.04 Å². The van der Waals surface area contributed by atoms with E-state index in [4.69, 9.17) is 5.73 Å². The van der Waals surface area contributed by atoms with E-state index in [1.807, 2.05) is 0 Å². The molecule has 0 atom stereocenters. The van der Waals surface area contributed by atoms with Crippen molar-refractivity contribution < 1.29 is 8.42 Å². The van der Waals surface area contributed by atoms with Crippen molar-refractivity contribution in [3.63, 3.8) is 0 Å². The summed E-state index contributed by atoms with van der Waals surface area (Å²) in [5, 5.41) is 0. The van der Waals surface area contributed by atoms with Gasteiger partial charge in [-0.3, -0.25) is 4.98 Å². The second kappa shape index (κ2) is 5.12. The van der Waals surface area contributed by atoms with Crippen LogP contribution in [-0.4, -0.2) is 36.8 Å². The molecule has 1 aliphatic rings. The van der Waals surface area contributed by atoms with Gasteiger partial charge in [0.25, 0.3) is 0 Å². The fourth-order valence-electron chi connectivity index (χ4n) is 1.75. The van der Waals surface area contributed by atoms with Crippen LogP contribution in [0.2, 0.25) is 0 Å². The highest BCUT2D eigenvalue weighted by atomic mass is 32.2. The standard InChI is InChI=1S/C11H17N3O2S/c12-6-1-9-14(10-2-3-10)17(15,16)11-4-7-13-8-5-11/h4-5,7-8,10H,1-3,6,9,12H2. The number of hydrogen-bond donors (Lipinski definition) is 1. The lowest BCUT2D eigenvalue weighted by atomic mass is 10.4. The predicted molar refractivity (Wildman–Crippen MR) is 64.8 cm³/mol. The van der Waals surface area contributed by atoms with Gasteiger partial charge in [-0.1, -0.05) is 0 Å². The first-order chi connectivity index (χ1) is 8.16. The summed E-state index contributed by atoms with van der Waals surface area (Å²) in [5.41, 5.74) is 5.45. The average molecular weight is 255 g/mol. The van der Waals surface area contributed by atoms with Crippen molar-refractivity contribution >= 4 is 10.0 Å². The quantitative estimate of drug-likeness (QED) is 0.807. The lowest BCUT2D eigenvalue weighted by Crippen LogP contribution is -2.34. The maximum absolute atomic E-state index is 12.4. The van der Waals surface area contributed by atoms with Gasteiger partial charge in [0.2, 0.25) is 10.0 Å². The number of rotatable bonds is 6. The Balaban J connectivity index is 2.22. The van der Waals surface area contributed by atoms with Gasteiger partial charge in [-0.2, -0.15) is 4.31 Å². The molecule has 6 heteroatoms. The van der Waals surface area contributed by atoms with Crippen LogP contribution in [0.5, 0.6) is 0 Å². The summed E-state index contributed by atoms with van der Waals surface area (Å²) < 4.78 is 26.3. The van der Waals surface area contributed by atoms with Gasteiger partial charge in [-0.05, 0) is 37.9 Å². The van der Waals surface area contributed by atoms with Gasteiger partial charge in [0.05, 0.1) is 4.90 Å². The van der Waals surface area contributed by atoms with E-state index in [0.29, 0.717) is 24.4 Å². The van der Waals surface area contributed by atoms with Gasteiger partial charge >= 0.3 is 0 Å². The first-order valence-electron chi connectivity index (χ1n) is 5.78. The van der Waals surface area contributed by atoms with Crippen LogP contribution >= 0.6 is 0 Å². The molecule has 2 rings (SSSR count). The third-order valence-electron chi connectivity index (χ3n) is 2.79. The monoisotopic (exact) mass is 255 g/mol. The molecule has 0 unspecified atom stereocenters. The van der Waals surface area contributed by atoms with E-state index in [9.17, 15) is 8.42 Å². The van der Waals surface area contributed by atoms with E-state index >= 15 is 0 Å². The third-order valence-corrected chi connectivity index (χ3v) is 4.76. The molecule has 2 N–H and O–H groups in total. The van der Waals surface area contributed by atoms with Crippen LogP contribution in [0.15, 0.2) is 29.4 Å². The van der Waals surface area contributed by atoms with Crippen molar-refractivity contribution in [2.45, 2.75) is 30.2 Å². The van der Waals surface area contributed by atoms with Crippen LogP contribution in [0.4, 0.5) is 0 Å². The first kappa shape index (κ1) is 12.5. The molecule has 0 radical (unpaired) electrons. The molecule has 0 spiro atoms. The largest absolute Gasteiger partial charge is 0.330 e. The maximum Gasteiger partial charge on any atom is 0.243 e. The number of nitrogens with two attached hydrogens (primary N) is 1. The second-order valence-corrected chi connectivity index (χ2v) is 6.06. The molecule has 1 heterocycles. The minimum absolute atomic E-state index is 0.166. The highest BCUT2D eigenvalue weighted by Crippen LogP contribution is 2.31. The third kappa shape index (κ3) is 2.83. The zero-order chi connectivity index (χ0) is 12.3. The molecule has 0 aliphatic heterocycles. The lowest BCUT2D eigenvalue weighted by molar-refractivity contribution is 0.399. The van der Waals surface area contributed by atoms with Gasteiger partial charge in [-0.25, -0.2) is 8.42 Å². The van der Waals surface area contributed by atoms with E-state index in [1.54, 1.807) is 4.31 Å². The summed E-state index contributed by atoms with van der Waals surface area (Å²) >= 11 is 0. The molecule has 0 saturated heterocycles. The molecule has 0 bridgehead atoms. The molecular weight excluding hydrogens is 238 g/mol. The summed E-state index contributed by atoms with van der Waals surface area (Å²) in [6.45, 7) is 1.01. The Morgan fingerprint density at radius 1 is 1.35 bits per heavy atom. The Hall–Kier alpha value is -0.980. The zero-order valence-electron chi connectivity index (χ0n) is 9.62. The topological polar surface area (TPSA) is 76.3 Å². The summed E-state index contributed by atoms with van der Waals surface area (Å²) in [5.74, 6) is 0. The Morgan fingerprint density at radius 3 is 2.53 bits per heavy atom. The summed E-state index contributed by atoms with van der Waals surface area (Å²) in [6, 6.07) is 3.24. The molecule has 17 heavy (non-hydrogen) atoms. The first-order valence-corrected chi connectivity index (χ1v) is 7.22. The van der Waals surface area contributed by atoms with Gasteiger partial charge in [0.1, 0.15) is 0 Å². The van der Waals surface area contributed by atoms with Crippen molar-refractivity contribution in [3.8, 4) is 0 Å². The van der Waals surface area contributed by atoms with Gasteiger partial charge in [-0.15, -0.1) is 0 Å². The highest BCUT2D eigenvalue weighted by Gasteiger charge is 2.37. The van der Waals surface area contributed by atoms with Crippen LogP contribution in [0, 0.1) is 0 Å². The Morgan fingerprint density at radius 2 is 2.00 bits per heavy atom. The molecule has 0 aromatic carbocycles. The SMILES string of the molecule is NCCCN(C1CC1)S(=O)(=O)c1ccncc1.